The SMILES string of the molecule is Cc1ccc(Cl)c(Nc2ccc(C(N)=O)cc2N)c1. The quantitative estimate of drug-likeness (QED) is 0.753. The number of halogens is 1. The molecule has 0 aliphatic carbocycles. The summed E-state index contributed by atoms with van der Waals surface area (Å²) >= 11 is 6.10. The van der Waals surface area contributed by atoms with E-state index in [1.165, 1.54) is 6.07 Å². The van der Waals surface area contributed by atoms with Crippen LogP contribution in [0.25, 0.3) is 0 Å². The van der Waals surface area contributed by atoms with Crippen LogP contribution in [0.15, 0.2) is 36.4 Å². The lowest BCUT2D eigenvalue weighted by atomic mass is 10.1. The van der Waals surface area contributed by atoms with Crippen LogP contribution in [0.5, 0.6) is 0 Å². The van der Waals surface area contributed by atoms with Gasteiger partial charge in [-0.15, -0.1) is 0 Å². The molecule has 0 atom stereocenters. The Morgan fingerprint density at radius 2 is 1.89 bits per heavy atom. The van der Waals surface area contributed by atoms with Crippen LogP contribution in [0.3, 0.4) is 0 Å². The van der Waals surface area contributed by atoms with Gasteiger partial charge in [0.2, 0.25) is 5.91 Å². The Kier molecular flexibility index (Phi) is 3.62. The molecule has 0 aromatic heterocycles. The number of rotatable bonds is 3. The van der Waals surface area contributed by atoms with E-state index in [2.05, 4.69) is 5.32 Å². The fourth-order valence-electron chi connectivity index (χ4n) is 1.71. The van der Waals surface area contributed by atoms with Gasteiger partial charge in [-0.3, -0.25) is 4.79 Å². The third-order valence-electron chi connectivity index (χ3n) is 2.73. The van der Waals surface area contributed by atoms with Gasteiger partial charge in [0.1, 0.15) is 0 Å². The Labute approximate surface area is 116 Å². The van der Waals surface area contributed by atoms with Crippen molar-refractivity contribution in [3.8, 4) is 0 Å². The first-order valence-corrected chi connectivity index (χ1v) is 6.07. The Hall–Kier alpha value is -2.20. The smallest absolute Gasteiger partial charge is 0.248 e. The molecule has 0 aliphatic heterocycles. The second-order valence-corrected chi connectivity index (χ2v) is 4.68. The van der Waals surface area contributed by atoms with E-state index in [1.54, 1.807) is 12.1 Å². The molecule has 0 radical (unpaired) electrons. The number of hydrogen-bond acceptors (Lipinski definition) is 3. The average molecular weight is 276 g/mol. The average Bonchev–Trinajstić information content (AvgIpc) is 2.36. The van der Waals surface area contributed by atoms with Gasteiger partial charge in [-0.25, -0.2) is 0 Å². The summed E-state index contributed by atoms with van der Waals surface area (Å²) in [7, 11) is 0. The number of nitrogen functional groups attached to an aromatic ring is 1. The van der Waals surface area contributed by atoms with Crippen molar-refractivity contribution in [2.75, 3.05) is 11.1 Å². The monoisotopic (exact) mass is 275 g/mol. The number of amides is 1. The summed E-state index contributed by atoms with van der Waals surface area (Å²) in [5.41, 5.74) is 14.4. The summed E-state index contributed by atoms with van der Waals surface area (Å²) in [4.78, 5) is 11.0. The molecule has 2 aromatic carbocycles. The molecule has 19 heavy (non-hydrogen) atoms. The minimum atomic E-state index is -0.508. The second-order valence-electron chi connectivity index (χ2n) is 4.27. The van der Waals surface area contributed by atoms with E-state index in [-0.39, 0.29) is 0 Å². The maximum Gasteiger partial charge on any atom is 0.248 e. The van der Waals surface area contributed by atoms with Crippen LogP contribution < -0.4 is 16.8 Å². The standard InChI is InChI=1S/C14H14ClN3O/c1-8-2-4-10(15)13(6-8)18-12-5-3-9(14(17)19)7-11(12)16/h2-7,18H,16H2,1H3,(H2,17,19). The lowest BCUT2D eigenvalue weighted by molar-refractivity contribution is 0.100. The van der Waals surface area contributed by atoms with Crippen LogP contribution in [0, 0.1) is 6.92 Å². The molecule has 0 heterocycles. The predicted octanol–water partition coefficient (Wildman–Crippen LogP) is 3.07. The second kappa shape index (κ2) is 5.20. The highest BCUT2D eigenvalue weighted by atomic mass is 35.5. The summed E-state index contributed by atoms with van der Waals surface area (Å²) in [5, 5.41) is 3.74. The first-order chi connectivity index (χ1) is 8.97. The molecule has 0 saturated carbocycles. The van der Waals surface area contributed by atoms with Crippen LogP contribution in [0.1, 0.15) is 15.9 Å². The van der Waals surface area contributed by atoms with Crippen LogP contribution >= 0.6 is 11.6 Å². The highest BCUT2D eigenvalue weighted by Crippen LogP contribution is 2.29. The van der Waals surface area contributed by atoms with Crippen LogP contribution in [0.4, 0.5) is 17.1 Å². The third kappa shape index (κ3) is 2.98. The number of benzene rings is 2. The van der Waals surface area contributed by atoms with Gasteiger partial charge in [0.25, 0.3) is 0 Å². The molecule has 5 N–H and O–H groups in total. The van der Waals surface area contributed by atoms with E-state index >= 15 is 0 Å². The molecular formula is C14H14ClN3O. The van der Waals surface area contributed by atoms with Gasteiger partial charge in [0, 0.05) is 5.56 Å². The number of anilines is 3. The number of carbonyl (C=O) groups excluding carboxylic acids is 1. The van der Waals surface area contributed by atoms with Crippen molar-refractivity contribution in [1.29, 1.82) is 0 Å². The largest absolute Gasteiger partial charge is 0.397 e. The van der Waals surface area contributed by atoms with Crippen molar-refractivity contribution in [2.24, 2.45) is 5.73 Å². The van der Waals surface area contributed by atoms with Crippen molar-refractivity contribution in [3.05, 3.63) is 52.5 Å². The van der Waals surface area contributed by atoms with E-state index in [1.807, 2.05) is 25.1 Å². The van der Waals surface area contributed by atoms with E-state index < -0.39 is 5.91 Å². The molecule has 1 amide bonds. The zero-order chi connectivity index (χ0) is 14.0. The number of nitrogens with two attached hydrogens (primary N) is 2. The minimum absolute atomic E-state index is 0.374. The van der Waals surface area contributed by atoms with Crippen LogP contribution in [-0.4, -0.2) is 5.91 Å². The topological polar surface area (TPSA) is 81.1 Å². The zero-order valence-electron chi connectivity index (χ0n) is 10.4. The summed E-state index contributed by atoms with van der Waals surface area (Å²) in [6.07, 6.45) is 0. The van der Waals surface area contributed by atoms with Crippen molar-refractivity contribution >= 4 is 34.6 Å². The summed E-state index contributed by atoms with van der Waals surface area (Å²) < 4.78 is 0. The molecule has 0 fully saturated rings. The third-order valence-corrected chi connectivity index (χ3v) is 3.06. The van der Waals surface area contributed by atoms with E-state index in [0.717, 1.165) is 11.3 Å². The number of primary amides is 1. The molecule has 5 heteroatoms. The minimum Gasteiger partial charge on any atom is -0.397 e. The van der Waals surface area contributed by atoms with Crippen LogP contribution in [0.2, 0.25) is 5.02 Å². The molecule has 98 valence electrons. The van der Waals surface area contributed by atoms with Gasteiger partial charge >= 0.3 is 0 Å². The van der Waals surface area contributed by atoms with Crippen molar-refractivity contribution in [1.82, 2.24) is 0 Å². The molecule has 4 nitrogen and oxygen atoms in total. The highest BCUT2D eigenvalue weighted by Gasteiger charge is 2.07. The summed E-state index contributed by atoms with van der Waals surface area (Å²) in [5.74, 6) is -0.508. The molecule has 2 aromatic rings. The maximum absolute atomic E-state index is 11.0. The fourth-order valence-corrected chi connectivity index (χ4v) is 1.87. The summed E-state index contributed by atoms with van der Waals surface area (Å²) in [6.45, 7) is 1.97. The van der Waals surface area contributed by atoms with Gasteiger partial charge < -0.3 is 16.8 Å². The number of hydrogen-bond donors (Lipinski definition) is 3. The lowest BCUT2D eigenvalue weighted by Gasteiger charge is -2.12. The Morgan fingerprint density at radius 1 is 1.16 bits per heavy atom. The Balaban J connectivity index is 2.33. The highest BCUT2D eigenvalue weighted by molar-refractivity contribution is 6.33. The molecule has 2 rings (SSSR count). The summed E-state index contributed by atoms with van der Waals surface area (Å²) in [6, 6.07) is 10.5. The molecule has 0 unspecified atom stereocenters. The Bertz CT molecular complexity index is 641. The normalized spacial score (nSPS) is 10.2. The molecule has 0 bridgehead atoms. The van der Waals surface area contributed by atoms with Gasteiger partial charge in [-0.2, -0.15) is 0 Å². The van der Waals surface area contributed by atoms with E-state index in [4.69, 9.17) is 23.1 Å². The van der Waals surface area contributed by atoms with Gasteiger partial charge in [0.05, 0.1) is 22.1 Å². The molecular weight excluding hydrogens is 262 g/mol. The first kappa shape index (κ1) is 13.2. The van der Waals surface area contributed by atoms with Crippen molar-refractivity contribution < 1.29 is 4.79 Å². The Morgan fingerprint density at radius 3 is 2.53 bits per heavy atom. The van der Waals surface area contributed by atoms with Crippen molar-refractivity contribution in [2.45, 2.75) is 6.92 Å². The zero-order valence-corrected chi connectivity index (χ0v) is 11.2. The van der Waals surface area contributed by atoms with E-state index in [9.17, 15) is 4.79 Å². The number of aryl methyl sites for hydroxylation is 1. The molecule has 0 spiro atoms. The van der Waals surface area contributed by atoms with E-state index in [0.29, 0.717) is 22.0 Å². The fraction of sp³-hybridized carbons (Fsp3) is 0.0714. The number of nitrogens with one attached hydrogen (secondary N) is 1. The lowest BCUT2D eigenvalue weighted by Crippen LogP contribution is -2.11. The van der Waals surface area contributed by atoms with Gasteiger partial charge in [0.15, 0.2) is 0 Å². The molecule has 0 aliphatic rings. The predicted molar refractivity (Wildman–Crippen MR) is 78.8 cm³/mol. The number of carbonyl (C=O) groups is 1. The van der Waals surface area contributed by atoms with Gasteiger partial charge in [-0.05, 0) is 42.8 Å². The first-order valence-electron chi connectivity index (χ1n) is 5.70. The van der Waals surface area contributed by atoms with Crippen LogP contribution in [-0.2, 0) is 0 Å². The van der Waals surface area contributed by atoms with Crippen molar-refractivity contribution in [3.63, 3.8) is 0 Å². The maximum atomic E-state index is 11.0. The van der Waals surface area contributed by atoms with Gasteiger partial charge in [-0.1, -0.05) is 17.7 Å². The molecule has 0 saturated heterocycles.